The van der Waals surface area contributed by atoms with Crippen LogP contribution in [0.15, 0.2) is 30.4 Å². The maximum atomic E-state index is 5.97. The molecule has 13 heavy (non-hydrogen) atoms. The SMILES string of the molecule is ClC/C=C/Cc1cccc(Cl)c1Cl. The Balaban J connectivity index is 2.77. The first kappa shape index (κ1) is 10.9. The van der Waals surface area contributed by atoms with E-state index in [9.17, 15) is 0 Å². The number of allylic oxidation sites excluding steroid dienone is 2. The van der Waals surface area contributed by atoms with Crippen molar-refractivity contribution in [3.8, 4) is 0 Å². The van der Waals surface area contributed by atoms with E-state index < -0.39 is 0 Å². The van der Waals surface area contributed by atoms with Crippen LogP contribution in [0, 0.1) is 0 Å². The zero-order chi connectivity index (χ0) is 9.68. The number of rotatable bonds is 3. The van der Waals surface area contributed by atoms with Gasteiger partial charge in [0, 0.05) is 5.88 Å². The molecule has 0 radical (unpaired) electrons. The van der Waals surface area contributed by atoms with E-state index in [4.69, 9.17) is 34.8 Å². The van der Waals surface area contributed by atoms with E-state index in [1.807, 2.05) is 24.3 Å². The Bertz CT molecular complexity index is 305. The lowest BCUT2D eigenvalue weighted by Gasteiger charge is -2.01. The van der Waals surface area contributed by atoms with Crippen LogP contribution in [0.1, 0.15) is 5.56 Å². The van der Waals surface area contributed by atoms with Gasteiger partial charge >= 0.3 is 0 Å². The van der Waals surface area contributed by atoms with Gasteiger partial charge in [0.1, 0.15) is 0 Å². The third-order valence-corrected chi connectivity index (χ3v) is 2.66. The van der Waals surface area contributed by atoms with Crippen LogP contribution in [-0.2, 0) is 6.42 Å². The summed E-state index contributed by atoms with van der Waals surface area (Å²) in [4.78, 5) is 0. The monoisotopic (exact) mass is 234 g/mol. The quantitative estimate of drug-likeness (QED) is 0.540. The van der Waals surface area contributed by atoms with Gasteiger partial charge in [-0.15, -0.1) is 11.6 Å². The van der Waals surface area contributed by atoms with Gasteiger partial charge in [-0.2, -0.15) is 0 Å². The Morgan fingerprint density at radius 1 is 1.15 bits per heavy atom. The van der Waals surface area contributed by atoms with E-state index >= 15 is 0 Å². The molecule has 0 amide bonds. The Morgan fingerprint density at radius 3 is 2.62 bits per heavy atom. The standard InChI is InChI=1S/C10H9Cl3/c11-7-2-1-4-8-5-3-6-9(12)10(8)13/h1-3,5-6H,4,7H2/b2-1+. The molecule has 0 aliphatic carbocycles. The lowest BCUT2D eigenvalue weighted by Crippen LogP contribution is -1.83. The summed E-state index contributed by atoms with van der Waals surface area (Å²) in [7, 11) is 0. The molecule has 0 aromatic heterocycles. The predicted octanol–water partition coefficient (Wildman–Crippen LogP) is 4.33. The van der Waals surface area contributed by atoms with Gasteiger partial charge in [0.05, 0.1) is 10.0 Å². The summed E-state index contributed by atoms with van der Waals surface area (Å²) < 4.78 is 0. The van der Waals surface area contributed by atoms with Gasteiger partial charge in [0.15, 0.2) is 0 Å². The van der Waals surface area contributed by atoms with Crippen molar-refractivity contribution >= 4 is 34.8 Å². The fraction of sp³-hybridized carbons (Fsp3) is 0.200. The van der Waals surface area contributed by atoms with Gasteiger partial charge in [0.2, 0.25) is 0 Å². The minimum atomic E-state index is 0.526. The van der Waals surface area contributed by atoms with E-state index in [0.29, 0.717) is 15.9 Å². The Hall–Kier alpha value is -0.170. The van der Waals surface area contributed by atoms with E-state index in [1.165, 1.54) is 0 Å². The molecule has 1 rings (SSSR count). The van der Waals surface area contributed by atoms with Crippen LogP contribution in [0.2, 0.25) is 10.0 Å². The third kappa shape index (κ3) is 3.22. The highest BCUT2D eigenvalue weighted by atomic mass is 35.5. The molecule has 0 aliphatic rings. The molecule has 1 aromatic rings. The molecule has 0 saturated heterocycles. The molecule has 0 N–H and O–H groups in total. The minimum absolute atomic E-state index is 0.526. The summed E-state index contributed by atoms with van der Waals surface area (Å²) in [5.74, 6) is 0.526. The molecule has 0 saturated carbocycles. The summed E-state index contributed by atoms with van der Waals surface area (Å²) >= 11 is 17.3. The molecule has 0 nitrogen and oxygen atoms in total. The second-order valence-corrected chi connectivity index (χ2v) is 3.64. The number of hydrogen-bond acceptors (Lipinski definition) is 0. The van der Waals surface area contributed by atoms with E-state index in [0.717, 1.165) is 12.0 Å². The predicted molar refractivity (Wildman–Crippen MR) is 60.0 cm³/mol. The lowest BCUT2D eigenvalue weighted by atomic mass is 10.1. The van der Waals surface area contributed by atoms with Crippen molar-refractivity contribution in [2.24, 2.45) is 0 Å². The topological polar surface area (TPSA) is 0 Å². The first-order chi connectivity index (χ1) is 6.25. The second kappa shape index (κ2) is 5.54. The van der Waals surface area contributed by atoms with Crippen LogP contribution >= 0.6 is 34.8 Å². The van der Waals surface area contributed by atoms with Crippen molar-refractivity contribution in [3.05, 3.63) is 46.0 Å². The summed E-state index contributed by atoms with van der Waals surface area (Å²) in [5.41, 5.74) is 1.02. The zero-order valence-corrected chi connectivity index (χ0v) is 9.20. The maximum absolute atomic E-state index is 5.97. The van der Waals surface area contributed by atoms with E-state index in [2.05, 4.69) is 0 Å². The Labute approximate surface area is 93.1 Å². The van der Waals surface area contributed by atoms with E-state index in [1.54, 1.807) is 6.07 Å². The normalized spacial score (nSPS) is 11.0. The van der Waals surface area contributed by atoms with Crippen molar-refractivity contribution in [1.82, 2.24) is 0 Å². The van der Waals surface area contributed by atoms with Crippen molar-refractivity contribution in [3.63, 3.8) is 0 Å². The van der Waals surface area contributed by atoms with Crippen molar-refractivity contribution < 1.29 is 0 Å². The molecular weight excluding hydrogens is 226 g/mol. The fourth-order valence-electron chi connectivity index (χ4n) is 0.979. The van der Waals surface area contributed by atoms with Crippen LogP contribution in [0.4, 0.5) is 0 Å². The van der Waals surface area contributed by atoms with Crippen molar-refractivity contribution in [2.45, 2.75) is 6.42 Å². The van der Waals surface area contributed by atoms with Gasteiger partial charge in [-0.1, -0.05) is 47.5 Å². The molecule has 0 unspecified atom stereocenters. The molecule has 0 spiro atoms. The Morgan fingerprint density at radius 2 is 1.92 bits per heavy atom. The molecule has 0 fully saturated rings. The minimum Gasteiger partial charge on any atom is -0.122 e. The molecule has 1 aromatic carbocycles. The highest BCUT2D eigenvalue weighted by molar-refractivity contribution is 6.42. The summed E-state index contributed by atoms with van der Waals surface area (Å²) in [6.45, 7) is 0. The van der Waals surface area contributed by atoms with Gasteiger partial charge in [-0.05, 0) is 18.1 Å². The zero-order valence-electron chi connectivity index (χ0n) is 6.93. The van der Waals surface area contributed by atoms with E-state index in [-0.39, 0.29) is 0 Å². The lowest BCUT2D eigenvalue weighted by molar-refractivity contribution is 1.26. The van der Waals surface area contributed by atoms with Gasteiger partial charge in [0.25, 0.3) is 0 Å². The molecule has 0 atom stereocenters. The average molecular weight is 236 g/mol. The van der Waals surface area contributed by atoms with Crippen LogP contribution in [0.5, 0.6) is 0 Å². The Kier molecular flexibility index (Phi) is 4.65. The first-order valence-electron chi connectivity index (χ1n) is 3.89. The largest absolute Gasteiger partial charge is 0.122 e. The smallest absolute Gasteiger partial charge is 0.0627 e. The molecule has 0 aliphatic heterocycles. The first-order valence-corrected chi connectivity index (χ1v) is 5.18. The number of alkyl halides is 1. The highest BCUT2D eigenvalue weighted by Crippen LogP contribution is 2.25. The molecule has 70 valence electrons. The maximum Gasteiger partial charge on any atom is 0.0627 e. The van der Waals surface area contributed by atoms with Crippen LogP contribution in [0.25, 0.3) is 0 Å². The fourth-order valence-corrected chi connectivity index (χ4v) is 1.50. The molecule has 0 bridgehead atoms. The van der Waals surface area contributed by atoms with Crippen molar-refractivity contribution in [2.75, 3.05) is 5.88 Å². The third-order valence-electron chi connectivity index (χ3n) is 1.63. The van der Waals surface area contributed by atoms with Crippen molar-refractivity contribution in [1.29, 1.82) is 0 Å². The number of benzene rings is 1. The molecule has 0 heterocycles. The summed E-state index contributed by atoms with van der Waals surface area (Å²) in [6.07, 6.45) is 4.63. The number of halogens is 3. The molecular formula is C10H9Cl3. The second-order valence-electron chi connectivity index (χ2n) is 2.54. The molecule has 3 heteroatoms. The summed E-state index contributed by atoms with van der Waals surface area (Å²) in [5, 5.41) is 1.22. The summed E-state index contributed by atoms with van der Waals surface area (Å²) in [6, 6.07) is 5.61. The van der Waals surface area contributed by atoms with Gasteiger partial charge in [-0.25, -0.2) is 0 Å². The van der Waals surface area contributed by atoms with Gasteiger partial charge in [-0.3, -0.25) is 0 Å². The van der Waals surface area contributed by atoms with Crippen LogP contribution in [-0.4, -0.2) is 5.88 Å². The van der Waals surface area contributed by atoms with Crippen LogP contribution < -0.4 is 0 Å². The average Bonchev–Trinajstić information content (AvgIpc) is 2.13. The number of hydrogen-bond donors (Lipinski definition) is 0. The van der Waals surface area contributed by atoms with Gasteiger partial charge < -0.3 is 0 Å². The highest BCUT2D eigenvalue weighted by Gasteiger charge is 2.01. The van der Waals surface area contributed by atoms with Crippen LogP contribution in [0.3, 0.4) is 0 Å².